The first-order valence-corrected chi connectivity index (χ1v) is 5.67. The van der Waals surface area contributed by atoms with Gasteiger partial charge in [0.05, 0.1) is 0 Å². The number of rotatable bonds is 3. The van der Waals surface area contributed by atoms with Gasteiger partial charge in [-0.1, -0.05) is 33.0 Å². The summed E-state index contributed by atoms with van der Waals surface area (Å²) in [5.74, 6) is 0.112. The predicted octanol–water partition coefficient (Wildman–Crippen LogP) is 2.33. The van der Waals surface area contributed by atoms with Crippen molar-refractivity contribution in [3.8, 4) is 0 Å². The van der Waals surface area contributed by atoms with Crippen LogP contribution >= 0.6 is 34.0 Å². The fraction of sp³-hybridized carbons (Fsp3) is 0.500. The van der Waals surface area contributed by atoms with Crippen LogP contribution in [-0.4, -0.2) is 15.1 Å². The van der Waals surface area contributed by atoms with Gasteiger partial charge in [0.25, 0.3) is 0 Å². The Morgan fingerprint density at radius 2 is 2.58 bits per heavy atom. The lowest BCUT2D eigenvalue weighted by atomic mass is 10.1. The summed E-state index contributed by atoms with van der Waals surface area (Å²) in [7, 11) is 0. The Kier molecular flexibility index (Phi) is 4.59. The number of ketones is 1. The molecule has 0 aromatic rings. The molecule has 0 N–H and O–H groups in total. The highest BCUT2D eigenvalue weighted by atomic mass is 127. The van der Waals surface area contributed by atoms with Crippen LogP contribution in [0.4, 0.5) is 4.53 Å². The van der Waals surface area contributed by atoms with Gasteiger partial charge >= 0.3 is 4.05 Å². The lowest BCUT2D eigenvalue weighted by Gasteiger charge is -2.16. The Hall–Kier alpha value is 0.445. The highest BCUT2D eigenvalue weighted by Gasteiger charge is 2.23. The zero-order valence-electron chi connectivity index (χ0n) is 6.20. The molecule has 0 radical (unpaired) electrons. The molecule has 0 spiro atoms. The van der Waals surface area contributed by atoms with Crippen molar-refractivity contribution in [2.45, 2.75) is 18.1 Å². The number of hydrogen-bond acceptors (Lipinski definition) is 3. The van der Waals surface area contributed by atoms with Gasteiger partial charge in [-0.05, 0) is 12.5 Å². The number of carbonyl (C=O) groups is 1. The third-order valence-corrected chi connectivity index (χ3v) is 3.60. The van der Waals surface area contributed by atoms with E-state index >= 15 is 0 Å². The lowest BCUT2D eigenvalue weighted by molar-refractivity contribution is -0.114. The molecule has 1 unspecified atom stereocenters. The van der Waals surface area contributed by atoms with Crippen LogP contribution in [0.1, 0.15) is 12.8 Å². The van der Waals surface area contributed by atoms with Crippen LogP contribution in [0.15, 0.2) is 12.2 Å². The van der Waals surface area contributed by atoms with Crippen molar-refractivity contribution >= 4 is 43.8 Å². The molecule has 0 bridgehead atoms. The maximum Gasteiger partial charge on any atom is 0.479 e. The molecule has 1 atom stereocenters. The van der Waals surface area contributed by atoms with Gasteiger partial charge in [0.2, 0.25) is 0 Å². The van der Waals surface area contributed by atoms with Crippen molar-refractivity contribution in [3.63, 3.8) is 0 Å². The second kappa shape index (κ2) is 5.23. The van der Waals surface area contributed by atoms with Crippen LogP contribution in [0, 0.1) is 0 Å². The minimum atomic E-state index is -0.508. The van der Waals surface area contributed by atoms with E-state index in [-0.39, 0.29) is 11.0 Å². The standard InChI is InChI=1S/C6H7BFIO2S/c8-11-7(9)12-6-3-1-2-5(10)4-6/h1-2,6H,3-4H2. The van der Waals surface area contributed by atoms with Crippen molar-refractivity contribution in [3.05, 3.63) is 12.2 Å². The Balaban J connectivity index is 2.34. The summed E-state index contributed by atoms with van der Waals surface area (Å²) in [5, 5.41) is 0.167. The summed E-state index contributed by atoms with van der Waals surface area (Å²) in [6, 6.07) is 0. The van der Waals surface area contributed by atoms with Gasteiger partial charge in [0.1, 0.15) is 0 Å². The minimum Gasteiger partial charge on any atom is -0.295 e. The topological polar surface area (TPSA) is 26.3 Å². The van der Waals surface area contributed by atoms with Gasteiger partial charge in [-0.2, -0.15) is 11.6 Å². The van der Waals surface area contributed by atoms with E-state index in [1.54, 1.807) is 6.08 Å². The van der Waals surface area contributed by atoms with E-state index in [0.29, 0.717) is 6.42 Å². The quantitative estimate of drug-likeness (QED) is 0.591. The summed E-state index contributed by atoms with van der Waals surface area (Å²) in [6.45, 7) is 0. The maximum absolute atomic E-state index is 11.6. The predicted molar refractivity (Wildman–Crippen MR) is 56.7 cm³/mol. The number of allylic oxidation sites excluding steroid dienone is 2. The Morgan fingerprint density at radius 1 is 1.83 bits per heavy atom. The van der Waals surface area contributed by atoms with Crippen molar-refractivity contribution in [1.29, 1.82) is 0 Å². The second-order valence-electron chi connectivity index (χ2n) is 2.43. The molecular weight excluding hydrogens is 293 g/mol. The molecule has 1 rings (SSSR count). The van der Waals surface area contributed by atoms with Crippen molar-refractivity contribution in [2.24, 2.45) is 0 Å². The van der Waals surface area contributed by atoms with E-state index in [4.69, 9.17) is 0 Å². The first kappa shape index (κ1) is 10.5. The Bertz CT molecular complexity index is 202. The van der Waals surface area contributed by atoms with Gasteiger partial charge in [-0.25, -0.2) is 4.86 Å². The summed E-state index contributed by atoms with van der Waals surface area (Å²) >= 11 is 3.19. The molecule has 1 aliphatic carbocycles. The van der Waals surface area contributed by atoms with Crippen molar-refractivity contribution < 1.29 is 14.2 Å². The molecule has 0 aromatic heterocycles. The van der Waals surface area contributed by atoms with E-state index in [0.717, 1.165) is 6.42 Å². The summed E-state index contributed by atoms with van der Waals surface area (Å²) in [4.78, 5) is 14.5. The molecule has 0 aromatic carbocycles. The van der Waals surface area contributed by atoms with E-state index < -0.39 is 4.05 Å². The molecule has 0 saturated carbocycles. The molecule has 6 heteroatoms. The van der Waals surface area contributed by atoms with Crippen molar-refractivity contribution in [1.82, 2.24) is 0 Å². The summed E-state index contributed by atoms with van der Waals surface area (Å²) < 4.78 is 11.1. The van der Waals surface area contributed by atoms with E-state index in [9.17, 15) is 9.32 Å². The normalized spacial score (nSPS) is 22.8. The van der Waals surface area contributed by atoms with Crippen LogP contribution in [0.2, 0.25) is 0 Å². The Labute approximate surface area is 88.1 Å². The first-order chi connectivity index (χ1) is 5.72. The molecule has 0 amide bonds. The fourth-order valence-electron chi connectivity index (χ4n) is 1.00. The molecule has 66 valence electrons. The van der Waals surface area contributed by atoms with Crippen LogP contribution in [0.5, 0.6) is 0 Å². The molecule has 0 saturated heterocycles. The zero-order chi connectivity index (χ0) is 8.97. The van der Waals surface area contributed by atoms with Crippen LogP contribution in [0.25, 0.3) is 0 Å². The summed E-state index contributed by atoms with van der Waals surface area (Å²) in [5.41, 5.74) is 0. The van der Waals surface area contributed by atoms with Crippen LogP contribution < -0.4 is 0 Å². The zero-order valence-corrected chi connectivity index (χ0v) is 9.18. The molecular formula is C6H7BFIO2S. The number of carbonyl (C=O) groups excluding carboxylic acids is 1. The van der Waals surface area contributed by atoms with E-state index in [1.807, 2.05) is 28.5 Å². The molecule has 0 heterocycles. The fourth-order valence-corrected chi connectivity index (χ4v) is 3.08. The third kappa shape index (κ3) is 3.45. The van der Waals surface area contributed by atoms with Crippen molar-refractivity contribution in [2.75, 3.05) is 0 Å². The molecule has 1 aliphatic rings. The maximum atomic E-state index is 11.6. The minimum absolute atomic E-state index is 0.112. The Morgan fingerprint density at radius 3 is 3.17 bits per heavy atom. The molecule has 12 heavy (non-hydrogen) atoms. The number of halogens is 2. The number of hydrogen-bond donors (Lipinski definition) is 0. The van der Waals surface area contributed by atoms with Gasteiger partial charge in [-0.3, -0.25) is 4.79 Å². The monoisotopic (exact) mass is 300 g/mol. The average molecular weight is 300 g/mol. The first-order valence-electron chi connectivity index (χ1n) is 3.48. The largest absolute Gasteiger partial charge is 0.479 e. The molecule has 0 aliphatic heterocycles. The average Bonchev–Trinajstić information content (AvgIpc) is 2.04. The summed E-state index contributed by atoms with van der Waals surface area (Å²) in [6.07, 6.45) is 4.71. The highest BCUT2D eigenvalue weighted by Crippen LogP contribution is 2.28. The van der Waals surface area contributed by atoms with Gasteiger partial charge in [-0.15, -0.1) is 0 Å². The van der Waals surface area contributed by atoms with Crippen LogP contribution in [0.3, 0.4) is 0 Å². The SMILES string of the molecule is O=C1C=CCC(SB(I)OF)C1. The van der Waals surface area contributed by atoms with Crippen LogP contribution in [-0.2, 0) is 9.65 Å². The van der Waals surface area contributed by atoms with E-state index in [1.165, 1.54) is 11.6 Å². The van der Waals surface area contributed by atoms with Gasteiger partial charge in [0.15, 0.2) is 5.78 Å². The second-order valence-corrected chi connectivity index (χ2v) is 5.77. The van der Waals surface area contributed by atoms with Gasteiger partial charge in [0, 0.05) is 11.7 Å². The molecule has 0 fully saturated rings. The van der Waals surface area contributed by atoms with E-state index in [2.05, 4.69) is 4.86 Å². The van der Waals surface area contributed by atoms with Gasteiger partial charge < -0.3 is 0 Å². The molecule has 2 nitrogen and oxygen atoms in total. The third-order valence-electron chi connectivity index (χ3n) is 1.50. The lowest BCUT2D eigenvalue weighted by Crippen LogP contribution is -2.16. The smallest absolute Gasteiger partial charge is 0.295 e. The highest BCUT2D eigenvalue weighted by molar-refractivity contribution is 14.1.